The van der Waals surface area contributed by atoms with Gasteiger partial charge >= 0.3 is 0 Å². The molecule has 0 aliphatic heterocycles. The van der Waals surface area contributed by atoms with Gasteiger partial charge in [-0.05, 0) is 31.4 Å². The van der Waals surface area contributed by atoms with Gasteiger partial charge in [0.2, 0.25) is 5.88 Å². The molecule has 0 spiro atoms. The van der Waals surface area contributed by atoms with Gasteiger partial charge in [0.25, 0.3) is 5.91 Å². The third kappa shape index (κ3) is 3.84. The molecule has 2 rings (SSSR count). The van der Waals surface area contributed by atoms with E-state index in [2.05, 4.69) is 24.3 Å². The number of nitrogens with one attached hydrogen (secondary N) is 1. The maximum atomic E-state index is 12.1. The molecule has 0 aliphatic carbocycles. The highest BCUT2D eigenvalue weighted by molar-refractivity contribution is 5.92. The second-order valence-electron chi connectivity index (χ2n) is 5.27. The van der Waals surface area contributed by atoms with Gasteiger partial charge in [-0.25, -0.2) is 0 Å². The molecule has 1 atom stereocenters. The lowest BCUT2D eigenvalue weighted by Crippen LogP contribution is -2.30. The van der Waals surface area contributed by atoms with Crippen LogP contribution in [0, 0.1) is 6.92 Å². The van der Waals surface area contributed by atoms with Gasteiger partial charge in [0.15, 0.2) is 6.10 Å². The number of para-hydroxylation sites is 1. The number of nitrogens with zero attached hydrogens (tertiary/aromatic N) is 1. The summed E-state index contributed by atoms with van der Waals surface area (Å²) < 4.78 is 10.7. The number of benzene rings is 1. The van der Waals surface area contributed by atoms with Crippen LogP contribution in [0.25, 0.3) is 0 Å². The highest BCUT2D eigenvalue weighted by Gasteiger charge is 2.18. The van der Waals surface area contributed by atoms with E-state index in [0.717, 1.165) is 11.3 Å². The van der Waals surface area contributed by atoms with E-state index in [1.165, 1.54) is 0 Å². The Hall–Kier alpha value is -2.30. The molecule has 1 heterocycles. The Morgan fingerprint density at radius 3 is 2.62 bits per heavy atom. The number of rotatable bonds is 5. The number of aromatic nitrogens is 1. The molecule has 1 aromatic carbocycles. The molecule has 1 amide bonds. The molecule has 112 valence electrons. The Morgan fingerprint density at radius 1 is 1.29 bits per heavy atom. The van der Waals surface area contributed by atoms with Crippen LogP contribution in [0.5, 0.6) is 5.75 Å². The number of hydrogen-bond acceptors (Lipinski definition) is 4. The van der Waals surface area contributed by atoms with Gasteiger partial charge in [0.1, 0.15) is 5.75 Å². The number of aryl methyl sites for hydroxylation is 1. The first-order valence-electron chi connectivity index (χ1n) is 6.97. The lowest BCUT2D eigenvalue weighted by atomic mass is 10.0. The van der Waals surface area contributed by atoms with Crippen molar-refractivity contribution in [1.82, 2.24) is 5.16 Å². The highest BCUT2D eigenvalue weighted by atomic mass is 16.5. The topological polar surface area (TPSA) is 64.4 Å². The van der Waals surface area contributed by atoms with E-state index in [4.69, 9.17) is 9.26 Å². The third-order valence-electron chi connectivity index (χ3n) is 3.09. The first-order valence-corrected chi connectivity index (χ1v) is 6.97. The summed E-state index contributed by atoms with van der Waals surface area (Å²) in [6, 6.07) is 9.39. The zero-order chi connectivity index (χ0) is 15.4. The summed E-state index contributed by atoms with van der Waals surface area (Å²) in [6.07, 6.45) is -0.629. The molecule has 1 aromatic heterocycles. The summed E-state index contributed by atoms with van der Waals surface area (Å²) in [6.45, 7) is 7.67. The van der Waals surface area contributed by atoms with Gasteiger partial charge in [-0.1, -0.05) is 37.2 Å². The molecule has 1 unspecified atom stereocenters. The highest BCUT2D eigenvalue weighted by Crippen LogP contribution is 2.26. The Kier molecular flexibility index (Phi) is 4.62. The van der Waals surface area contributed by atoms with Crippen molar-refractivity contribution in [2.45, 2.75) is 39.7 Å². The summed E-state index contributed by atoms with van der Waals surface area (Å²) in [5.74, 6) is 1.10. The molecule has 0 fully saturated rings. The average molecular weight is 288 g/mol. The Balaban J connectivity index is 2.04. The molecule has 0 aliphatic rings. The van der Waals surface area contributed by atoms with Crippen LogP contribution < -0.4 is 10.1 Å². The van der Waals surface area contributed by atoms with Gasteiger partial charge < -0.3 is 9.26 Å². The van der Waals surface area contributed by atoms with Crippen molar-refractivity contribution < 1.29 is 14.1 Å². The molecule has 0 saturated heterocycles. The summed E-state index contributed by atoms with van der Waals surface area (Å²) in [5.41, 5.74) is 1.79. The van der Waals surface area contributed by atoms with E-state index in [9.17, 15) is 4.79 Å². The van der Waals surface area contributed by atoms with Crippen LogP contribution >= 0.6 is 0 Å². The lowest BCUT2D eigenvalue weighted by molar-refractivity contribution is -0.122. The van der Waals surface area contributed by atoms with Crippen molar-refractivity contribution in [3.05, 3.63) is 41.6 Å². The van der Waals surface area contributed by atoms with E-state index >= 15 is 0 Å². The minimum Gasteiger partial charge on any atom is -0.481 e. The molecule has 0 saturated carbocycles. The zero-order valence-electron chi connectivity index (χ0n) is 12.7. The molecule has 0 radical (unpaired) electrons. The van der Waals surface area contributed by atoms with Crippen LogP contribution in [-0.2, 0) is 4.79 Å². The molecule has 1 N–H and O–H groups in total. The standard InChI is InChI=1S/C16H20N2O3/c1-10(2)13-7-5-6-8-14(13)20-12(4)16(19)17-15-9-11(3)18-21-15/h5-10,12H,1-4H3,(H,17,19). The Morgan fingerprint density at radius 2 is 2.00 bits per heavy atom. The molecule has 5 heteroatoms. The van der Waals surface area contributed by atoms with E-state index in [0.29, 0.717) is 17.5 Å². The van der Waals surface area contributed by atoms with Crippen LogP contribution in [0.3, 0.4) is 0 Å². The van der Waals surface area contributed by atoms with Crippen molar-refractivity contribution in [1.29, 1.82) is 0 Å². The van der Waals surface area contributed by atoms with Gasteiger partial charge in [-0.2, -0.15) is 0 Å². The van der Waals surface area contributed by atoms with Crippen molar-refractivity contribution in [3.63, 3.8) is 0 Å². The normalized spacial score (nSPS) is 12.2. The fourth-order valence-corrected chi connectivity index (χ4v) is 1.95. The summed E-state index contributed by atoms with van der Waals surface area (Å²) in [7, 11) is 0. The van der Waals surface area contributed by atoms with E-state index in [-0.39, 0.29) is 5.91 Å². The second-order valence-corrected chi connectivity index (χ2v) is 5.27. The Labute approximate surface area is 124 Å². The van der Waals surface area contributed by atoms with Crippen LogP contribution in [0.2, 0.25) is 0 Å². The predicted molar refractivity (Wildman–Crippen MR) is 80.5 cm³/mol. The van der Waals surface area contributed by atoms with Gasteiger partial charge in [-0.3, -0.25) is 10.1 Å². The number of ether oxygens (including phenoxy) is 1. The fourth-order valence-electron chi connectivity index (χ4n) is 1.95. The summed E-state index contributed by atoms with van der Waals surface area (Å²) in [4.78, 5) is 12.1. The summed E-state index contributed by atoms with van der Waals surface area (Å²) in [5, 5.41) is 6.36. The van der Waals surface area contributed by atoms with Crippen LogP contribution in [-0.4, -0.2) is 17.2 Å². The maximum absolute atomic E-state index is 12.1. The van der Waals surface area contributed by atoms with Crippen LogP contribution in [0.15, 0.2) is 34.9 Å². The molecule has 2 aromatic rings. The number of anilines is 1. The minimum absolute atomic E-state index is 0.273. The lowest BCUT2D eigenvalue weighted by Gasteiger charge is -2.18. The zero-order valence-corrected chi connectivity index (χ0v) is 12.7. The smallest absolute Gasteiger partial charge is 0.267 e. The van der Waals surface area contributed by atoms with Crippen LogP contribution in [0.4, 0.5) is 5.88 Å². The summed E-state index contributed by atoms with van der Waals surface area (Å²) >= 11 is 0. The van der Waals surface area contributed by atoms with E-state index in [1.54, 1.807) is 19.9 Å². The largest absolute Gasteiger partial charge is 0.481 e. The number of carbonyl (C=O) groups is 1. The van der Waals surface area contributed by atoms with Crippen molar-refractivity contribution in [2.75, 3.05) is 5.32 Å². The third-order valence-corrected chi connectivity index (χ3v) is 3.09. The SMILES string of the molecule is Cc1cc(NC(=O)C(C)Oc2ccccc2C(C)C)on1. The first kappa shape index (κ1) is 15.1. The maximum Gasteiger partial charge on any atom is 0.267 e. The monoisotopic (exact) mass is 288 g/mol. The first-order chi connectivity index (χ1) is 9.97. The molecular weight excluding hydrogens is 268 g/mol. The van der Waals surface area contributed by atoms with Crippen molar-refractivity contribution >= 4 is 11.8 Å². The van der Waals surface area contributed by atoms with Crippen molar-refractivity contribution in [3.8, 4) is 5.75 Å². The molecular formula is C16H20N2O3. The van der Waals surface area contributed by atoms with E-state index < -0.39 is 6.10 Å². The predicted octanol–water partition coefficient (Wildman–Crippen LogP) is 3.51. The quantitative estimate of drug-likeness (QED) is 0.914. The second kappa shape index (κ2) is 6.43. The fraction of sp³-hybridized carbons (Fsp3) is 0.375. The minimum atomic E-state index is -0.629. The molecule has 21 heavy (non-hydrogen) atoms. The molecule has 0 bridgehead atoms. The molecule has 5 nitrogen and oxygen atoms in total. The van der Waals surface area contributed by atoms with Gasteiger partial charge in [0.05, 0.1) is 5.69 Å². The van der Waals surface area contributed by atoms with E-state index in [1.807, 2.05) is 24.3 Å². The van der Waals surface area contributed by atoms with Gasteiger partial charge in [-0.15, -0.1) is 0 Å². The van der Waals surface area contributed by atoms with Crippen molar-refractivity contribution in [2.24, 2.45) is 0 Å². The van der Waals surface area contributed by atoms with Crippen LogP contribution in [0.1, 0.15) is 37.9 Å². The number of amides is 1. The van der Waals surface area contributed by atoms with Gasteiger partial charge in [0, 0.05) is 6.07 Å². The Bertz CT molecular complexity index is 619. The number of carbonyl (C=O) groups excluding carboxylic acids is 1. The average Bonchev–Trinajstić information content (AvgIpc) is 2.84. The number of hydrogen-bond donors (Lipinski definition) is 1.